The quantitative estimate of drug-likeness (QED) is 0.909. The van der Waals surface area contributed by atoms with Crippen molar-refractivity contribution in [1.82, 2.24) is 20.0 Å². The SMILES string of the molecule is CC(=O)NCc1ccc(C(=O)N2CCC[C@H]2Cn2cccn2)s1. The standard InChI is InChI=1S/C16H20N4O2S/c1-12(21)17-10-14-5-6-15(23-14)16(22)20-9-2-4-13(20)11-19-8-3-7-18-19/h3,5-8,13H,2,4,9-11H2,1H3,(H,17,21)/t13-/m0/s1. The van der Waals surface area contributed by atoms with E-state index >= 15 is 0 Å². The van der Waals surface area contributed by atoms with Crippen LogP contribution in [0.4, 0.5) is 0 Å². The molecule has 3 heterocycles. The van der Waals surface area contributed by atoms with Gasteiger partial charge in [0.25, 0.3) is 5.91 Å². The summed E-state index contributed by atoms with van der Waals surface area (Å²) in [6.45, 7) is 3.50. The molecular formula is C16H20N4O2S. The van der Waals surface area contributed by atoms with Crippen molar-refractivity contribution in [2.24, 2.45) is 0 Å². The van der Waals surface area contributed by atoms with Crippen molar-refractivity contribution in [3.05, 3.63) is 40.3 Å². The largest absolute Gasteiger partial charge is 0.351 e. The predicted octanol–water partition coefficient (Wildman–Crippen LogP) is 1.89. The number of hydrogen-bond acceptors (Lipinski definition) is 4. The number of rotatable bonds is 5. The summed E-state index contributed by atoms with van der Waals surface area (Å²) < 4.78 is 1.88. The average Bonchev–Trinajstić information content (AvgIpc) is 3.27. The highest BCUT2D eigenvalue weighted by molar-refractivity contribution is 7.14. The van der Waals surface area contributed by atoms with Gasteiger partial charge in [0.15, 0.2) is 0 Å². The van der Waals surface area contributed by atoms with E-state index in [1.165, 1.54) is 18.3 Å². The van der Waals surface area contributed by atoms with E-state index in [-0.39, 0.29) is 17.9 Å². The lowest BCUT2D eigenvalue weighted by Crippen LogP contribution is -2.37. The van der Waals surface area contributed by atoms with E-state index in [1.807, 2.05) is 34.0 Å². The van der Waals surface area contributed by atoms with E-state index in [0.717, 1.165) is 35.7 Å². The van der Waals surface area contributed by atoms with Crippen molar-refractivity contribution in [3.8, 4) is 0 Å². The fourth-order valence-electron chi connectivity index (χ4n) is 2.86. The first-order valence-electron chi connectivity index (χ1n) is 7.75. The van der Waals surface area contributed by atoms with Crippen LogP contribution in [-0.2, 0) is 17.9 Å². The minimum Gasteiger partial charge on any atom is -0.351 e. The Balaban J connectivity index is 1.65. The van der Waals surface area contributed by atoms with E-state index in [2.05, 4.69) is 10.4 Å². The van der Waals surface area contributed by atoms with Crippen molar-refractivity contribution >= 4 is 23.2 Å². The predicted molar refractivity (Wildman–Crippen MR) is 88.1 cm³/mol. The number of thiophene rings is 1. The zero-order chi connectivity index (χ0) is 16.2. The number of amides is 2. The number of nitrogens with one attached hydrogen (secondary N) is 1. The summed E-state index contributed by atoms with van der Waals surface area (Å²) in [6.07, 6.45) is 5.73. The van der Waals surface area contributed by atoms with Crippen LogP contribution < -0.4 is 5.32 Å². The van der Waals surface area contributed by atoms with E-state index in [0.29, 0.717) is 6.54 Å². The highest BCUT2D eigenvalue weighted by Gasteiger charge is 2.30. The molecule has 2 aromatic rings. The summed E-state index contributed by atoms with van der Waals surface area (Å²) >= 11 is 1.45. The molecule has 122 valence electrons. The van der Waals surface area contributed by atoms with Gasteiger partial charge in [-0.25, -0.2) is 0 Å². The van der Waals surface area contributed by atoms with Gasteiger partial charge in [-0.05, 0) is 31.0 Å². The first-order valence-corrected chi connectivity index (χ1v) is 8.56. The van der Waals surface area contributed by atoms with Gasteiger partial charge in [0.2, 0.25) is 5.91 Å². The smallest absolute Gasteiger partial charge is 0.264 e. The first kappa shape index (κ1) is 15.7. The zero-order valence-corrected chi connectivity index (χ0v) is 13.9. The summed E-state index contributed by atoms with van der Waals surface area (Å²) in [5.74, 6) is 0.0174. The maximum Gasteiger partial charge on any atom is 0.264 e. The van der Waals surface area contributed by atoms with Gasteiger partial charge in [-0.2, -0.15) is 5.10 Å². The second kappa shape index (κ2) is 6.95. The molecule has 1 atom stereocenters. The van der Waals surface area contributed by atoms with E-state index in [4.69, 9.17) is 0 Å². The molecule has 2 aromatic heterocycles. The van der Waals surface area contributed by atoms with Crippen LogP contribution >= 0.6 is 11.3 Å². The van der Waals surface area contributed by atoms with Crippen LogP contribution in [0.3, 0.4) is 0 Å². The molecule has 1 aliphatic heterocycles. The lowest BCUT2D eigenvalue weighted by molar-refractivity contribution is -0.119. The fourth-order valence-corrected chi connectivity index (χ4v) is 3.76. The number of carbonyl (C=O) groups is 2. The summed E-state index contributed by atoms with van der Waals surface area (Å²) in [5, 5.41) is 6.99. The molecule has 3 rings (SSSR count). The Labute approximate surface area is 139 Å². The Morgan fingerprint density at radius 1 is 1.43 bits per heavy atom. The molecule has 6 nitrogen and oxygen atoms in total. The van der Waals surface area contributed by atoms with Gasteiger partial charge in [0, 0.05) is 30.7 Å². The van der Waals surface area contributed by atoms with E-state index < -0.39 is 0 Å². The maximum atomic E-state index is 12.8. The summed E-state index contributed by atoms with van der Waals surface area (Å²) in [7, 11) is 0. The van der Waals surface area contributed by atoms with Crippen LogP contribution in [0.15, 0.2) is 30.6 Å². The summed E-state index contributed by atoms with van der Waals surface area (Å²) in [4.78, 5) is 27.4. The number of likely N-dealkylation sites (tertiary alicyclic amines) is 1. The summed E-state index contributed by atoms with van der Waals surface area (Å²) in [5.41, 5.74) is 0. The monoisotopic (exact) mass is 332 g/mol. The third kappa shape index (κ3) is 3.79. The molecule has 0 aromatic carbocycles. The Bertz CT molecular complexity index is 680. The lowest BCUT2D eigenvalue weighted by atomic mass is 10.2. The van der Waals surface area contributed by atoms with E-state index in [1.54, 1.807) is 6.20 Å². The van der Waals surface area contributed by atoms with Crippen LogP contribution in [0.25, 0.3) is 0 Å². The minimum absolute atomic E-state index is 0.0647. The maximum absolute atomic E-state index is 12.8. The van der Waals surface area contributed by atoms with Gasteiger partial charge < -0.3 is 10.2 Å². The normalized spacial score (nSPS) is 17.4. The minimum atomic E-state index is -0.0647. The molecule has 1 N–H and O–H groups in total. The molecule has 1 aliphatic rings. The van der Waals surface area contributed by atoms with Crippen LogP contribution in [0.1, 0.15) is 34.3 Å². The van der Waals surface area contributed by atoms with Crippen molar-refractivity contribution in [2.45, 2.75) is 38.9 Å². The van der Waals surface area contributed by atoms with Crippen molar-refractivity contribution in [1.29, 1.82) is 0 Å². The molecule has 0 unspecified atom stereocenters. The molecule has 2 amide bonds. The van der Waals surface area contributed by atoms with Crippen molar-refractivity contribution in [2.75, 3.05) is 6.54 Å². The molecular weight excluding hydrogens is 312 g/mol. The summed E-state index contributed by atoms with van der Waals surface area (Å²) in [6, 6.07) is 5.86. The van der Waals surface area contributed by atoms with Gasteiger partial charge in [-0.3, -0.25) is 14.3 Å². The van der Waals surface area contributed by atoms with Gasteiger partial charge in [0.05, 0.1) is 24.0 Å². The molecule has 1 fully saturated rings. The first-order chi connectivity index (χ1) is 11.1. The van der Waals surface area contributed by atoms with Crippen LogP contribution in [0.5, 0.6) is 0 Å². The fraction of sp³-hybridized carbons (Fsp3) is 0.438. The molecule has 1 saturated heterocycles. The molecule has 0 radical (unpaired) electrons. The van der Waals surface area contributed by atoms with Gasteiger partial charge >= 0.3 is 0 Å². The van der Waals surface area contributed by atoms with Gasteiger partial charge in [-0.1, -0.05) is 0 Å². The van der Waals surface area contributed by atoms with Crippen LogP contribution in [0, 0.1) is 0 Å². The zero-order valence-electron chi connectivity index (χ0n) is 13.1. The third-order valence-electron chi connectivity index (χ3n) is 3.98. The van der Waals surface area contributed by atoms with Crippen molar-refractivity contribution in [3.63, 3.8) is 0 Å². The Kier molecular flexibility index (Phi) is 4.76. The number of aromatic nitrogens is 2. The highest BCUT2D eigenvalue weighted by atomic mass is 32.1. The topological polar surface area (TPSA) is 67.2 Å². The molecule has 0 aliphatic carbocycles. The Morgan fingerprint density at radius 3 is 3.04 bits per heavy atom. The second-order valence-electron chi connectivity index (χ2n) is 5.70. The lowest BCUT2D eigenvalue weighted by Gasteiger charge is -2.24. The molecule has 23 heavy (non-hydrogen) atoms. The van der Waals surface area contributed by atoms with Crippen molar-refractivity contribution < 1.29 is 9.59 Å². The Morgan fingerprint density at radius 2 is 2.30 bits per heavy atom. The van der Waals surface area contributed by atoms with Crippen LogP contribution in [-0.4, -0.2) is 39.1 Å². The molecule has 0 spiro atoms. The second-order valence-corrected chi connectivity index (χ2v) is 6.87. The number of carbonyl (C=O) groups excluding carboxylic acids is 2. The number of hydrogen-bond donors (Lipinski definition) is 1. The molecule has 0 bridgehead atoms. The molecule has 7 heteroatoms. The number of nitrogens with zero attached hydrogens (tertiary/aromatic N) is 3. The highest BCUT2D eigenvalue weighted by Crippen LogP contribution is 2.25. The third-order valence-corrected chi connectivity index (χ3v) is 5.05. The average molecular weight is 332 g/mol. The van der Waals surface area contributed by atoms with Crippen LogP contribution in [0.2, 0.25) is 0 Å². The van der Waals surface area contributed by atoms with E-state index in [9.17, 15) is 9.59 Å². The Hall–Kier alpha value is -2.15. The van der Waals surface area contributed by atoms with Gasteiger partial charge in [-0.15, -0.1) is 11.3 Å². The molecule has 0 saturated carbocycles. The van der Waals surface area contributed by atoms with Gasteiger partial charge in [0.1, 0.15) is 0 Å².